The Hall–Kier alpha value is -1.12. The van der Waals surface area contributed by atoms with E-state index in [1.165, 1.54) is 24.3 Å². The van der Waals surface area contributed by atoms with Gasteiger partial charge >= 0.3 is 0 Å². The molecule has 6 nitrogen and oxygen atoms in total. The normalized spacial score (nSPS) is 14.1. The number of hydrogen-bond donors (Lipinski definition) is 1. The van der Waals surface area contributed by atoms with Gasteiger partial charge in [0.05, 0.1) is 14.9 Å². The Labute approximate surface area is 114 Å². The van der Waals surface area contributed by atoms with Gasteiger partial charge in [0.1, 0.15) is 0 Å². The molecule has 0 aliphatic rings. The van der Waals surface area contributed by atoms with E-state index in [9.17, 15) is 16.8 Å². The molecule has 1 aromatic rings. The number of rotatable bonds is 6. The predicted molar refractivity (Wildman–Crippen MR) is 74.4 cm³/mol. The van der Waals surface area contributed by atoms with Crippen LogP contribution >= 0.6 is 0 Å². The Balaban J connectivity index is 2.93. The van der Waals surface area contributed by atoms with Gasteiger partial charge in [-0.2, -0.15) is 0 Å². The summed E-state index contributed by atoms with van der Waals surface area (Å²) in [5.41, 5.74) is 0.199. The van der Waals surface area contributed by atoms with Gasteiger partial charge in [-0.15, -0.1) is 5.69 Å². The molecule has 1 N–H and O–H groups in total. The molecule has 108 valence electrons. The first-order valence-electron chi connectivity index (χ1n) is 5.69. The highest BCUT2D eigenvalue weighted by atomic mass is 32.2. The van der Waals surface area contributed by atoms with Gasteiger partial charge in [0.15, 0.2) is 0 Å². The average molecular weight is 305 g/mol. The third-order valence-electron chi connectivity index (χ3n) is 2.39. The van der Waals surface area contributed by atoms with Crippen molar-refractivity contribution in [3.8, 4) is 0 Å². The van der Waals surface area contributed by atoms with Crippen LogP contribution in [0.4, 0.5) is 5.69 Å². The lowest BCUT2D eigenvalue weighted by molar-refractivity contribution is 0.556. The Morgan fingerprint density at radius 3 is 2.11 bits per heavy atom. The maximum atomic E-state index is 11.9. The van der Waals surface area contributed by atoms with Crippen molar-refractivity contribution in [2.45, 2.75) is 31.2 Å². The lowest BCUT2D eigenvalue weighted by Crippen LogP contribution is -2.31. The molecule has 19 heavy (non-hydrogen) atoms. The van der Waals surface area contributed by atoms with Gasteiger partial charge in [-0.3, -0.25) is 0 Å². The van der Waals surface area contributed by atoms with Gasteiger partial charge in [-0.25, -0.2) is 21.6 Å². The summed E-state index contributed by atoms with van der Waals surface area (Å²) in [6.07, 6.45) is 1.66. The summed E-state index contributed by atoms with van der Waals surface area (Å²) in [5.74, 6) is 0. The van der Waals surface area contributed by atoms with Crippen molar-refractivity contribution < 1.29 is 16.8 Å². The number of hydrogen-bond acceptors (Lipinski definition) is 4. The van der Waals surface area contributed by atoms with Crippen LogP contribution in [-0.4, -0.2) is 29.1 Å². The molecule has 0 saturated heterocycles. The summed E-state index contributed by atoms with van der Waals surface area (Å²) >= 11 is 0. The first-order valence-corrected chi connectivity index (χ1v) is 9.02. The zero-order valence-corrected chi connectivity index (χ0v) is 12.6. The van der Waals surface area contributed by atoms with Gasteiger partial charge in [0.25, 0.3) is 0 Å². The van der Waals surface area contributed by atoms with Crippen LogP contribution in [-0.2, 0) is 20.0 Å². The van der Waals surface area contributed by atoms with E-state index in [4.69, 9.17) is 0 Å². The quantitative estimate of drug-likeness (QED) is 0.866. The maximum absolute atomic E-state index is 11.9. The summed E-state index contributed by atoms with van der Waals surface area (Å²) in [4.78, 5) is 0.0836. The Bertz CT molecular complexity index is 621. The fraction of sp³-hybridized carbons (Fsp3) is 0.455. The molecule has 0 radical (unpaired) electrons. The summed E-state index contributed by atoms with van der Waals surface area (Å²) in [6.45, 7) is 3.65. The van der Waals surface area contributed by atoms with Crippen LogP contribution in [0.25, 0.3) is 4.72 Å². The van der Waals surface area contributed by atoms with Crippen molar-refractivity contribution in [1.29, 1.82) is 0 Å². The predicted octanol–water partition coefficient (Wildman–Crippen LogP) is 1.73. The fourth-order valence-corrected chi connectivity index (χ4v) is 3.13. The molecule has 1 unspecified atom stereocenters. The number of benzene rings is 1. The first-order chi connectivity index (χ1) is 8.64. The van der Waals surface area contributed by atoms with Gasteiger partial charge in [-0.05, 0) is 25.5 Å². The van der Waals surface area contributed by atoms with Crippen LogP contribution in [0.5, 0.6) is 0 Å². The van der Waals surface area contributed by atoms with E-state index in [2.05, 4.69) is 9.44 Å². The van der Waals surface area contributed by atoms with Crippen LogP contribution in [0.2, 0.25) is 0 Å². The van der Waals surface area contributed by atoms with Crippen LogP contribution < -0.4 is 4.72 Å². The second kappa shape index (κ2) is 5.89. The Morgan fingerprint density at radius 2 is 1.68 bits per heavy atom. The monoisotopic (exact) mass is 305 g/mol. The SMILES string of the molecule is CCC(C)NS(=O)(=O)c1ccc([N-]S(C)(=O)=O)cc1. The summed E-state index contributed by atoms with van der Waals surface area (Å²) in [6, 6.07) is 5.20. The Kier molecular flexibility index (Phi) is 4.94. The van der Waals surface area contributed by atoms with E-state index >= 15 is 0 Å². The second-order valence-corrected chi connectivity index (χ2v) is 7.61. The molecule has 0 saturated carbocycles. The highest BCUT2D eigenvalue weighted by Gasteiger charge is 2.15. The molecule has 0 bridgehead atoms. The van der Waals surface area contributed by atoms with Crippen LogP contribution in [0.1, 0.15) is 20.3 Å². The van der Waals surface area contributed by atoms with E-state index in [0.717, 1.165) is 6.26 Å². The molecule has 0 aliphatic heterocycles. The standard InChI is InChI=1S/C11H17N2O4S2/c1-4-9(2)12-19(16,17)11-7-5-10(6-8-11)13-18(3,14)15/h5-9,12H,4H2,1-3H3/q-1. The second-order valence-electron chi connectivity index (χ2n) is 4.25. The average Bonchev–Trinajstić information content (AvgIpc) is 2.26. The highest BCUT2D eigenvalue weighted by molar-refractivity contribution is 7.93. The van der Waals surface area contributed by atoms with E-state index in [1.54, 1.807) is 6.92 Å². The zero-order valence-electron chi connectivity index (χ0n) is 11.0. The van der Waals surface area contributed by atoms with E-state index in [1.807, 2.05) is 6.92 Å². The number of sulfonamides is 2. The van der Waals surface area contributed by atoms with E-state index in [-0.39, 0.29) is 16.6 Å². The summed E-state index contributed by atoms with van der Waals surface area (Å²) in [7, 11) is -7.06. The molecular formula is C11H17N2O4S2-. The van der Waals surface area contributed by atoms with Crippen LogP contribution in [0.15, 0.2) is 29.2 Å². The molecule has 0 spiro atoms. The van der Waals surface area contributed by atoms with Gasteiger partial charge < -0.3 is 4.72 Å². The van der Waals surface area contributed by atoms with Crippen molar-refractivity contribution in [3.63, 3.8) is 0 Å². The lowest BCUT2D eigenvalue weighted by atomic mass is 10.3. The maximum Gasteiger partial charge on any atom is 0.240 e. The van der Waals surface area contributed by atoms with Gasteiger partial charge in [-0.1, -0.05) is 19.1 Å². The van der Waals surface area contributed by atoms with Gasteiger partial charge in [0.2, 0.25) is 10.0 Å². The van der Waals surface area contributed by atoms with Crippen molar-refractivity contribution in [3.05, 3.63) is 29.0 Å². The fourth-order valence-electron chi connectivity index (χ4n) is 1.29. The van der Waals surface area contributed by atoms with Crippen LogP contribution in [0, 0.1) is 0 Å². The number of nitrogens with zero attached hydrogens (tertiary/aromatic N) is 1. The summed E-state index contributed by atoms with van der Waals surface area (Å²) < 4.78 is 51.8. The third kappa shape index (κ3) is 5.17. The molecule has 0 aliphatic carbocycles. The van der Waals surface area contributed by atoms with Crippen molar-refractivity contribution in [2.75, 3.05) is 6.26 Å². The molecule has 1 aromatic carbocycles. The minimum Gasteiger partial charge on any atom is -0.577 e. The largest absolute Gasteiger partial charge is 0.577 e. The minimum absolute atomic E-state index is 0.0836. The van der Waals surface area contributed by atoms with Crippen molar-refractivity contribution in [1.82, 2.24) is 4.72 Å². The van der Waals surface area contributed by atoms with Crippen molar-refractivity contribution in [2.24, 2.45) is 0 Å². The molecule has 1 rings (SSSR count). The minimum atomic E-state index is -3.57. The lowest BCUT2D eigenvalue weighted by Gasteiger charge is -2.19. The first kappa shape index (κ1) is 15.9. The van der Waals surface area contributed by atoms with Crippen molar-refractivity contribution >= 4 is 25.7 Å². The zero-order chi connectivity index (χ0) is 14.7. The van der Waals surface area contributed by atoms with Crippen LogP contribution in [0.3, 0.4) is 0 Å². The molecular weight excluding hydrogens is 288 g/mol. The molecule has 1 atom stereocenters. The molecule has 0 fully saturated rings. The van der Waals surface area contributed by atoms with E-state index in [0.29, 0.717) is 6.42 Å². The molecule has 0 amide bonds. The Morgan fingerprint density at radius 1 is 1.16 bits per heavy atom. The van der Waals surface area contributed by atoms with E-state index < -0.39 is 20.0 Å². The summed E-state index contributed by atoms with van der Waals surface area (Å²) in [5, 5.41) is 0. The molecule has 0 heterocycles. The topological polar surface area (TPSA) is 94.4 Å². The molecule has 0 aromatic heterocycles. The smallest absolute Gasteiger partial charge is 0.240 e. The third-order valence-corrected chi connectivity index (χ3v) is 4.53. The van der Waals surface area contributed by atoms with Gasteiger partial charge in [0, 0.05) is 12.3 Å². The number of nitrogens with one attached hydrogen (secondary N) is 1. The molecule has 8 heteroatoms. The highest BCUT2D eigenvalue weighted by Crippen LogP contribution is 2.23.